The second kappa shape index (κ2) is 4.08. The summed E-state index contributed by atoms with van der Waals surface area (Å²) in [6, 6.07) is 1.83. The number of nitrogens with zero attached hydrogens (tertiary/aromatic N) is 2. The van der Waals surface area contributed by atoms with Crippen LogP contribution < -0.4 is 5.56 Å². The fourth-order valence-corrected chi connectivity index (χ4v) is 2.07. The summed E-state index contributed by atoms with van der Waals surface area (Å²) in [5.74, 6) is 0.584. The number of hydrogen-bond donors (Lipinski definition) is 2. The van der Waals surface area contributed by atoms with Gasteiger partial charge in [-0.25, -0.2) is 4.98 Å². The molecule has 0 aliphatic heterocycles. The van der Waals surface area contributed by atoms with Crippen molar-refractivity contribution in [3.63, 3.8) is 0 Å². The van der Waals surface area contributed by atoms with Gasteiger partial charge in [0.15, 0.2) is 0 Å². The van der Waals surface area contributed by atoms with Gasteiger partial charge in [-0.3, -0.25) is 4.79 Å². The van der Waals surface area contributed by atoms with Crippen molar-refractivity contribution in [2.75, 3.05) is 0 Å². The largest absolute Gasteiger partial charge is 0.319 e. The molecule has 0 saturated heterocycles. The highest BCUT2D eigenvalue weighted by Crippen LogP contribution is 2.14. The van der Waals surface area contributed by atoms with E-state index in [4.69, 9.17) is 0 Å². The third-order valence-electron chi connectivity index (χ3n) is 1.89. The molecule has 0 fully saturated rings. The predicted molar refractivity (Wildman–Crippen MR) is 65.0 cm³/mol. The lowest BCUT2D eigenvalue weighted by Crippen LogP contribution is -2.14. The Morgan fingerprint density at radius 1 is 1.73 bits per heavy atom. The normalized spacial score (nSPS) is 10.5. The molecule has 0 amide bonds. The first kappa shape index (κ1) is 10.3. The molecule has 0 aliphatic rings. The first-order valence-electron chi connectivity index (χ1n) is 4.25. The van der Waals surface area contributed by atoms with Gasteiger partial charge in [-0.15, -0.1) is 11.3 Å². The van der Waals surface area contributed by atoms with Gasteiger partial charge in [-0.1, -0.05) is 19.4 Å². The zero-order chi connectivity index (χ0) is 10.8. The minimum absolute atomic E-state index is 0.101. The molecule has 2 rings (SSSR count). The monoisotopic (exact) mass is 239 g/mol. The number of aromatic amines is 1. The third-order valence-corrected chi connectivity index (χ3v) is 3.09. The summed E-state index contributed by atoms with van der Waals surface area (Å²) < 4.78 is 2.21. The molecule has 0 atom stereocenters. The first-order chi connectivity index (χ1) is 7.20. The SMILES string of the molecule is C=CN(S)Cc1nc2ccsc2c(=O)[nH]1. The average Bonchev–Trinajstić information content (AvgIpc) is 2.66. The Kier molecular flexibility index (Phi) is 2.79. The lowest BCUT2D eigenvalue weighted by atomic mass is 10.4. The fourth-order valence-electron chi connectivity index (χ4n) is 1.21. The molecular weight excluding hydrogens is 230 g/mol. The molecule has 0 spiro atoms. The number of fused-ring (bicyclic) bond motifs is 1. The van der Waals surface area contributed by atoms with Crippen molar-refractivity contribution in [1.82, 2.24) is 14.3 Å². The lowest BCUT2D eigenvalue weighted by Gasteiger charge is -2.09. The average molecular weight is 239 g/mol. The molecule has 4 nitrogen and oxygen atoms in total. The van der Waals surface area contributed by atoms with Crippen molar-refractivity contribution in [3.8, 4) is 0 Å². The highest BCUT2D eigenvalue weighted by Gasteiger charge is 2.05. The van der Waals surface area contributed by atoms with Crippen molar-refractivity contribution >= 4 is 34.4 Å². The molecule has 15 heavy (non-hydrogen) atoms. The molecule has 2 heterocycles. The molecule has 0 saturated carbocycles. The Bertz CT molecular complexity index is 546. The lowest BCUT2D eigenvalue weighted by molar-refractivity contribution is 0.599. The van der Waals surface area contributed by atoms with E-state index >= 15 is 0 Å². The number of nitrogens with one attached hydrogen (secondary N) is 1. The Labute approximate surface area is 95.8 Å². The second-order valence-corrected chi connectivity index (χ2v) is 4.36. The van der Waals surface area contributed by atoms with Crippen molar-refractivity contribution in [2.45, 2.75) is 6.54 Å². The highest BCUT2D eigenvalue weighted by atomic mass is 32.1. The molecule has 0 bridgehead atoms. The molecule has 6 heteroatoms. The Balaban J connectivity index is 2.45. The van der Waals surface area contributed by atoms with Crippen LogP contribution in [-0.4, -0.2) is 14.3 Å². The Hall–Kier alpha value is -1.27. The number of hydrogen-bond acceptors (Lipinski definition) is 5. The standard InChI is InChI=1S/C9H9N3OS2/c1-2-12(14)5-7-10-6-3-4-15-8(6)9(13)11-7/h2-4,14H,1,5H2,(H,10,11,13). The number of rotatable bonds is 3. The van der Waals surface area contributed by atoms with Gasteiger partial charge in [0.1, 0.15) is 10.5 Å². The minimum atomic E-state index is -0.101. The van der Waals surface area contributed by atoms with Gasteiger partial charge < -0.3 is 9.29 Å². The van der Waals surface area contributed by atoms with Crippen LogP contribution in [0.5, 0.6) is 0 Å². The van der Waals surface area contributed by atoms with Crippen molar-refractivity contribution in [1.29, 1.82) is 0 Å². The van der Waals surface area contributed by atoms with Crippen LogP contribution in [0.25, 0.3) is 10.2 Å². The van der Waals surface area contributed by atoms with E-state index in [0.717, 1.165) is 5.52 Å². The fraction of sp³-hybridized carbons (Fsp3) is 0.111. The van der Waals surface area contributed by atoms with Crippen LogP contribution in [0.2, 0.25) is 0 Å². The van der Waals surface area contributed by atoms with Crippen LogP contribution in [0.15, 0.2) is 29.0 Å². The minimum Gasteiger partial charge on any atom is -0.319 e. The van der Waals surface area contributed by atoms with Crippen molar-refractivity contribution in [2.24, 2.45) is 0 Å². The highest BCUT2D eigenvalue weighted by molar-refractivity contribution is 7.77. The molecule has 0 unspecified atom stereocenters. The maximum absolute atomic E-state index is 11.6. The summed E-state index contributed by atoms with van der Waals surface area (Å²) in [6.07, 6.45) is 1.56. The molecule has 0 aliphatic carbocycles. The van der Waals surface area contributed by atoms with Gasteiger partial charge in [0, 0.05) is 6.20 Å². The molecule has 2 aromatic rings. The zero-order valence-electron chi connectivity index (χ0n) is 7.80. The van der Waals surface area contributed by atoms with Crippen LogP contribution in [-0.2, 0) is 6.54 Å². The number of thiophene rings is 1. The van der Waals surface area contributed by atoms with E-state index in [2.05, 4.69) is 29.4 Å². The number of aromatic nitrogens is 2. The van der Waals surface area contributed by atoms with Gasteiger partial charge in [0.2, 0.25) is 0 Å². The summed E-state index contributed by atoms with van der Waals surface area (Å²) in [4.78, 5) is 18.6. The molecule has 0 radical (unpaired) electrons. The topological polar surface area (TPSA) is 49.0 Å². The van der Waals surface area contributed by atoms with Gasteiger partial charge in [0.25, 0.3) is 5.56 Å². The summed E-state index contributed by atoms with van der Waals surface area (Å²) in [5, 5.41) is 1.85. The van der Waals surface area contributed by atoms with Crippen LogP contribution in [0.4, 0.5) is 0 Å². The van der Waals surface area contributed by atoms with Gasteiger partial charge in [-0.05, 0) is 11.4 Å². The van der Waals surface area contributed by atoms with E-state index in [0.29, 0.717) is 17.1 Å². The van der Waals surface area contributed by atoms with Crippen LogP contribution in [0.1, 0.15) is 5.82 Å². The van der Waals surface area contributed by atoms with E-state index in [1.54, 1.807) is 10.5 Å². The van der Waals surface area contributed by atoms with E-state index < -0.39 is 0 Å². The first-order valence-corrected chi connectivity index (χ1v) is 5.53. The molecule has 0 aromatic carbocycles. The number of H-pyrrole nitrogens is 1. The van der Waals surface area contributed by atoms with Crippen LogP contribution >= 0.6 is 24.2 Å². The Morgan fingerprint density at radius 3 is 3.27 bits per heavy atom. The van der Waals surface area contributed by atoms with Gasteiger partial charge in [-0.2, -0.15) is 0 Å². The van der Waals surface area contributed by atoms with Crippen molar-refractivity contribution < 1.29 is 0 Å². The summed E-state index contributed by atoms with van der Waals surface area (Å²) in [6.45, 7) is 3.99. The quantitative estimate of drug-likeness (QED) is 0.803. The molecule has 78 valence electrons. The van der Waals surface area contributed by atoms with Crippen molar-refractivity contribution in [3.05, 3.63) is 40.4 Å². The summed E-state index contributed by atoms with van der Waals surface area (Å²) in [5.41, 5.74) is 0.625. The maximum Gasteiger partial charge on any atom is 0.268 e. The van der Waals surface area contributed by atoms with E-state index in [1.807, 2.05) is 11.4 Å². The van der Waals surface area contributed by atoms with Gasteiger partial charge in [0.05, 0.1) is 12.1 Å². The van der Waals surface area contributed by atoms with Crippen LogP contribution in [0.3, 0.4) is 0 Å². The Morgan fingerprint density at radius 2 is 2.53 bits per heavy atom. The molecule has 2 aromatic heterocycles. The molecular formula is C9H9N3OS2. The summed E-state index contributed by atoms with van der Waals surface area (Å²) in [7, 11) is 0. The molecule has 1 N–H and O–H groups in total. The third kappa shape index (κ3) is 2.05. The summed E-state index contributed by atoms with van der Waals surface area (Å²) >= 11 is 5.50. The van der Waals surface area contributed by atoms with Gasteiger partial charge >= 0.3 is 0 Å². The van der Waals surface area contributed by atoms with Crippen LogP contribution in [0, 0.1) is 0 Å². The predicted octanol–water partition coefficient (Wildman–Crippen LogP) is 1.77. The zero-order valence-corrected chi connectivity index (χ0v) is 9.52. The second-order valence-electron chi connectivity index (χ2n) is 2.93. The van der Waals surface area contributed by atoms with E-state index in [9.17, 15) is 4.79 Å². The van der Waals surface area contributed by atoms with E-state index in [-0.39, 0.29) is 5.56 Å². The maximum atomic E-state index is 11.6. The number of thiol groups is 1. The smallest absolute Gasteiger partial charge is 0.268 e. The van der Waals surface area contributed by atoms with E-state index in [1.165, 1.54) is 11.3 Å².